The van der Waals surface area contributed by atoms with Gasteiger partial charge < -0.3 is 48.4 Å². The molecule has 0 radical (unpaired) electrons. The van der Waals surface area contributed by atoms with Crippen molar-refractivity contribution in [1.82, 2.24) is 20.0 Å². The molecule has 6 aromatic carbocycles. The molecule has 0 spiro atoms. The van der Waals surface area contributed by atoms with E-state index in [1.165, 1.54) is 0 Å². The highest BCUT2D eigenvalue weighted by Crippen LogP contribution is 2.35. The largest absolute Gasteiger partial charge is 0.496 e. The van der Waals surface area contributed by atoms with Crippen molar-refractivity contribution in [3.8, 4) is 23.0 Å². The van der Waals surface area contributed by atoms with Crippen molar-refractivity contribution in [2.24, 2.45) is 0 Å². The number of carbonyl (C=O) groups excluding carboxylic acids is 4. The summed E-state index contributed by atoms with van der Waals surface area (Å²) in [7, 11) is 6.62. The predicted molar refractivity (Wildman–Crippen MR) is 305 cm³/mol. The van der Waals surface area contributed by atoms with Crippen LogP contribution in [0.15, 0.2) is 109 Å². The van der Waals surface area contributed by atoms with E-state index in [-0.39, 0.29) is 24.1 Å². The van der Waals surface area contributed by atoms with Crippen LogP contribution in [0, 0.1) is 13.8 Å². The lowest BCUT2D eigenvalue weighted by molar-refractivity contribution is 0.0138. The van der Waals surface area contributed by atoms with Gasteiger partial charge in [-0.25, -0.2) is 9.59 Å². The van der Waals surface area contributed by atoms with Gasteiger partial charge in [0.05, 0.1) is 40.5 Å². The number of nitrogens with one attached hydrogen (secondary N) is 1. The maximum Gasteiger partial charge on any atom is 0.410 e. The van der Waals surface area contributed by atoms with E-state index in [9.17, 15) is 19.2 Å². The lowest BCUT2D eigenvalue weighted by atomic mass is 9.99. The van der Waals surface area contributed by atoms with Gasteiger partial charge in [0, 0.05) is 61.5 Å². The summed E-state index contributed by atoms with van der Waals surface area (Å²) in [5, 5.41) is 7.42. The lowest BCUT2D eigenvalue weighted by Gasteiger charge is -2.39. The molecule has 8 rings (SSSR count). The summed E-state index contributed by atoms with van der Waals surface area (Å²) >= 11 is 5.36. The van der Waals surface area contributed by atoms with Gasteiger partial charge >= 0.3 is 12.2 Å². The van der Waals surface area contributed by atoms with E-state index in [1.807, 2.05) is 157 Å². The minimum Gasteiger partial charge on any atom is -0.496 e. The number of halogens is 1. The minimum absolute atomic E-state index is 0.0591. The van der Waals surface area contributed by atoms with Crippen molar-refractivity contribution in [1.29, 1.82) is 0 Å². The predicted octanol–water partition coefficient (Wildman–Crippen LogP) is 12.9. The van der Waals surface area contributed by atoms with Gasteiger partial charge in [-0.3, -0.25) is 9.59 Å². The summed E-state index contributed by atoms with van der Waals surface area (Å²) in [6, 6.07) is 35.4. The summed E-state index contributed by atoms with van der Waals surface area (Å²) in [4.78, 5) is 55.2. The van der Waals surface area contributed by atoms with E-state index in [2.05, 4.69) is 5.32 Å². The van der Waals surface area contributed by atoms with Crippen LogP contribution in [0.3, 0.4) is 0 Å². The number of carbonyl (C=O) groups is 4. The Labute approximate surface area is 459 Å². The molecule has 0 unspecified atom stereocenters. The van der Waals surface area contributed by atoms with E-state index < -0.39 is 16.4 Å². The molecule has 2 heterocycles. The molecule has 2 fully saturated rings. The van der Waals surface area contributed by atoms with Crippen LogP contribution >= 0.6 is 11.6 Å². The topological polar surface area (TPSA) is 145 Å². The second kappa shape index (κ2) is 26.8. The summed E-state index contributed by atoms with van der Waals surface area (Å²) < 4.78 is 33.5. The van der Waals surface area contributed by atoms with Crippen molar-refractivity contribution >= 4 is 56.5 Å². The second-order valence-corrected chi connectivity index (χ2v) is 21.8. The zero-order chi connectivity index (χ0) is 56.0. The molecule has 412 valence electrons. The Morgan fingerprint density at radius 1 is 0.545 bits per heavy atom. The van der Waals surface area contributed by atoms with Crippen LogP contribution in [0.2, 0.25) is 0 Å². The molecular weight excluding hydrogens is 996 g/mol. The van der Waals surface area contributed by atoms with E-state index in [0.717, 1.165) is 68.1 Å². The van der Waals surface area contributed by atoms with E-state index in [1.54, 1.807) is 50.4 Å². The number of amides is 3. The number of hydrogen-bond donors (Lipinski definition) is 1. The Bertz CT molecular complexity index is 2940. The van der Waals surface area contributed by atoms with Crippen molar-refractivity contribution in [3.63, 3.8) is 0 Å². The van der Waals surface area contributed by atoms with Crippen LogP contribution in [0.5, 0.6) is 23.0 Å². The molecule has 2 aliphatic heterocycles. The molecule has 77 heavy (non-hydrogen) atoms. The van der Waals surface area contributed by atoms with E-state index in [4.69, 9.17) is 40.0 Å². The van der Waals surface area contributed by atoms with Gasteiger partial charge in [0.2, 0.25) is 0 Å². The Morgan fingerprint density at radius 2 is 0.935 bits per heavy atom. The van der Waals surface area contributed by atoms with Crippen LogP contribution in [-0.2, 0) is 22.6 Å². The number of aryl methyl sites for hydroxylation is 2. The molecule has 2 aliphatic rings. The van der Waals surface area contributed by atoms with Gasteiger partial charge in [0.25, 0.3) is 11.1 Å². The Kier molecular flexibility index (Phi) is 20.6. The smallest absolute Gasteiger partial charge is 0.410 e. The van der Waals surface area contributed by atoms with Gasteiger partial charge in [0.15, 0.2) is 0 Å². The zero-order valence-electron chi connectivity index (χ0n) is 46.9. The lowest BCUT2D eigenvalue weighted by Crippen LogP contribution is -2.49. The molecule has 0 saturated carbocycles. The first-order valence-electron chi connectivity index (χ1n) is 26.2. The van der Waals surface area contributed by atoms with Gasteiger partial charge in [-0.2, -0.15) is 0 Å². The number of ether oxygens (including phenoxy) is 6. The van der Waals surface area contributed by atoms with E-state index >= 15 is 0 Å². The first kappa shape index (κ1) is 59.2. The van der Waals surface area contributed by atoms with Crippen LogP contribution < -0.4 is 24.3 Å². The molecule has 1 N–H and O–H groups in total. The Balaban J connectivity index is 0.000000211. The molecule has 0 atom stereocenters. The molecule has 6 aromatic rings. The van der Waals surface area contributed by atoms with Gasteiger partial charge in [-0.15, -0.1) is 0 Å². The zero-order valence-corrected chi connectivity index (χ0v) is 47.7. The summed E-state index contributed by atoms with van der Waals surface area (Å²) in [6.07, 6.45) is 2.55. The summed E-state index contributed by atoms with van der Waals surface area (Å²) in [5.74, 6) is 2.98. The number of hydrogen-bond acceptors (Lipinski definition) is 11. The third-order valence-electron chi connectivity index (χ3n) is 13.3. The van der Waals surface area contributed by atoms with Crippen LogP contribution in [0.1, 0.15) is 110 Å². The van der Waals surface area contributed by atoms with Crippen molar-refractivity contribution in [2.45, 2.75) is 117 Å². The first-order valence-corrected chi connectivity index (χ1v) is 26.6. The van der Waals surface area contributed by atoms with Crippen molar-refractivity contribution in [2.75, 3.05) is 54.6 Å². The van der Waals surface area contributed by atoms with Gasteiger partial charge in [0.1, 0.15) is 34.2 Å². The number of piperidine rings is 2. The molecule has 0 aromatic heterocycles. The number of methoxy groups -OCH3 is 4. The molecule has 0 aliphatic carbocycles. The Hall–Kier alpha value is -7.03. The highest BCUT2D eigenvalue weighted by atomic mass is 35.5. The SMILES string of the molecule is COc1cc(C)cc(OC)c1CN(C(=O)c1ccc2ccccc2c1)C1CCN(C(=O)OC(C)(C)C)CC1.COc1cc(C)cc(OC)c1CNC1CCN(C(=O)OC(C)(C)C)CC1.O=C(Cl)c1ccc2ccccc2c1. The van der Waals surface area contributed by atoms with E-state index in [0.29, 0.717) is 80.8 Å². The molecule has 2 saturated heterocycles. The number of benzene rings is 6. The maximum absolute atomic E-state index is 14.1. The summed E-state index contributed by atoms with van der Waals surface area (Å²) in [5.41, 5.74) is 4.13. The molecular formula is C62H77ClN4O10. The molecule has 15 heteroatoms. The number of likely N-dealkylation sites (tertiary alicyclic amines) is 2. The molecule has 3 amide bonds. The minimum atomic E-state index is -0.551. The average Bonchev–Trinajstić information content (AvgIpc) is 3.41. The molecule has 14 nitrogen and oxygen atoms in total. The number of nitrogens with zero attached hydrogens (tertiary/aromatic N) is 3. The second-order valence-electron chi connectivity index (χ2n) is 21.4. The highest BCUT2D eigenvalue weighted by molar-refractivity contribution is 6.67. The van der Waals surface area contributed by atoms with Crippen LogP contribution in [0.25, 0.3) is 21.5 Å². The van der Waals surface area contributed by atoms with Crippen molar-refractivity contribution in [3.05, 3.63) is 143 Å². The fraction of sp³-hybridized carbons (Fsp3) is 0.419. The third-order valence-corrected chi connectivity index (χ3v) is 13.6. The first-order chi connectivity index (χ1) is 36.6. The monoisotopic (exact) mass is 1070 g/mol. The van der Waals surface area contributed by atoms with Gasteiger partial charge in [-0.1, -0.05) is 60.7 Å². The number of rotatable bonds is 12. The number of fused-ring (bicyclic) bond motifs is 2. The van der Waals surface area contributed by atoms with Gasteiger partial charge in [-0.05, 0) is 174 Å². The highest BCUT2D eigenvalue weighted by Gasteiger charge is 2.34. The maximum atomic E-state index is 14.1. The van der Waals surface area contributed by atoms with Crippen molar-refractivity contribution < 1.29 is 47.6 Å². The normalized spacial score (nSPS) is 14.1. The summed E-state index contributed by atoms with van der Waals surface area (Å²) in [6.45, 7) is 18.7. The Morgan fingerprint density at radius 3 is 1.35 bits per heavy atom. The average molecular weight is 1070 g/mol. The molecule has 0 bridgehead atoms. The quantitative estimate of drug-likeness (QED) is 0.117. The fourth-order valence-electron chi connectivity index (χ4n) is 9.42. The standard InChI is InChI=1S/C31H38N2O5.C20H32N2O4.C11H7ClO/c1-21-17-27(36-5)26(28(18-21)37-6)20-33(25-13-15-32(16-14-25)30(35)38-31(2,3)4)29(34)24-12-11-22-9-7-8-10-23(22)19-24;1-14-11-17(24-5)16(18(12-14)25-6)13-21-15-7-9-22(10-8-15)19(23)26-20(2,3)4;12-11(13)10-6-5-8-3-1-2-4-9(8)7-10/h7-12,17-19,25H,13-16,20H2,1-6H3;11-12,15,21H,7-10,13H2,1-6H3;1-7H. The van der Waals surface area contributed by atoms with Crippen LogP contribution in [0.4, 0.5) is 9.59 Å². The third kappa shape index (κ3) is 16.7. The fourth-order valence-corrected chi connectivity index (χ4v) is 9.54. The van der Waals surface area contributed by atoms with Crippen LogP contribution in [-0.4, -0.2) is 116 Å².